The first-order valence-electron chi connectivity index (χ1n) is 13.3. The Labute approximate surface area is 223 Å². The summed E-state index contributed by atoms with van der Waals surface area (Å²) in [5.41, 5.74) is 8.32. The average Bonchev–Trinajstić information content (AvgIpc) is 2.93. The third kappa shape index (κ3) is 7.18. The van der Waals surface area contributed by atoms with E-state index in [1.807, 2.05) is 66.7 Å². The second-order valence-electron chi connectivity index (χ2n) is 9.77. The molecule has 5 N–H and O–H groups in total. The maximum absolute atomic E-state index is 13.1. The summed E-state index contributed by atoms with van der Waals surface area (Å²) in [6.07, 6.45) is 2.61. The minimum absolute atomic E-state index is 0.00150. The van der Waals surface area contributed by atoms with Gasteiger partial charge in [0.15, 0.2) is 0 Å². The number of carbonyl (C=O) groups excluding carboxylic acids is 3. The molecule has 1 aliphatic heterocycles. The molecule has 0 spiro atoms. The molecule has 8 heteroatoms. The minimum Gasteiger partial charge on any atom is -0.390 e. The van der Waals surface area contributed by atoms with Crippen molar-refractivity contribution in [1.82, 2.24) is 10.6 Å². The van der Waals surface area contributed by atoms with Gasteiger partial charge in [-0.3, -0.25) is 14.4 Å². The number of amides is 3. The number of aryl methyl sites for hydroxylation is 1. The van der Waals surface area contributed by atoms with E-state index in [-0.39, 0.29) is 44.3 Å². The molecule has 38 heavy (non-hydrogen) atoms. The maximum Gasteiger partial charge on any atom is 0.243 e. The van der Waals surface area contributed by atoms with E-state index in [2.05, 4.69) is 10.6 Å². The van der Waals surface area contributed by atoms with Gasteiger partial charge in [-0.25, -0.2) is 0 Å². The summed E-state index contributed by atoms with van der Waals surface area (Å²) < 4.78 is 0. The summed E-state index contributed by atoms with van der Waals surface area (Å²) in [5.74, 6) is -0.712. The zero-order valence-electron chi connectivity index (χ0n) is 21.6. The van der Waals surface area contributed by atoms with Crippen molar-refractivity contribution >= 4 is 34.2 Å². The van der Waals surface area contributed by atoms with Crippen molar-refractivity contribution < 1.29 is 19.5 Å². The van der Waals surface area contributed by atoms with E-state index in [0.717, 1.165) is 46.8 Å². The Balaban J connectivity index is 1.46. The van der Waals surface area contributed by atoms with Crippen molar-refractivity contribution in [3.8, 4) is 0 Å². The van der Waals surface area contributed by atoms with Crippen LogP contribution in [0.1, 0.15) is 36.8 Å². The average molecular weight is 517 g/mol. The van der Waals surface area contributed by atoms with Gasteiger partial charge in [-0.1, -0.05) is 60.7 Å². The lowest BCUT2D eigenvalue weighted by Crippen LogP contribution is -2.50. The van der Waals surface area contributed by atoms with Crippen LogP contribution in [0.5, 0.6) is 0 Å². The summed E-state index contributed by atoms with van der Waals surface area (Å²) in [7, 11) is 0. The molecule has 0 aromatic heterocycles. The molecule has 0 saturated carbocycles. The quantitative estimate of drug-likeness (QED) is 0.330. The summed E-state index contributed by atoms with van der Waals surface area (Å²) in [6.45, 7) is 0.254. The fraction of sp³-hybridized carbons (Fsp3) is 0.367. The third-order valence-corrected chi connectivity index (χ3v) is 6.92. The van der Waals surface area contributed by atoms with Gasteiger partial charge in [0.25, 0.3) is 0 Å². The number of anilines is 1. The van der Waals surface area contributed by atoms with Gasteiger partial charge in [-0.15, -0.1) is 0 Å². The molecule has 0 aliphatic carbocycles. The molecule has 8 nitrogen and oxygen atoms in total. The number of nitrogens with one attached hydrogen (secondary N) is 2. The van der Waals surface area contributed by atoms with Gasteiger partial charge < -0.3 is 26.4 Å². The fourth-order valence-electron chi connectivity index (χ4n) is 4.81. The lowest BCUT2D eigenvalue weighted by atomic mass is 10.0. The highest BCUT2D eigenvalue weighted by Gasteiger charge is 2.25. The molecule has 2 unspecified atom stereocenters. The van der Waals surface area contributed by atoms with E-state index in [0.29, 0.717) is 6.42 Å². The fourth-order valence-corrected chi connectivity index (χ4v) is 4.81. The standard InChI is InChI=1S/C30H36N4O4/c31-19-25(35)20-32-30(38)26(18-21-13-14-22-7-1-2-10-24(22)17-21)33-28(36)15-16-34-27-11-5-3-8-23(27)9-4-6-12-29(34)37/h1-3,5,7-8,10-11,13-14,17,25-26,35H,4,6,9,12,15-16,18-20,31H2,(H,32,38)(H,33,36). The van der Waals surface area contributed by atoms with Gasteiger partial charge in [-0.2, -0.15) is 0 Å². The Morgan fingerprint density at radius 1 is 0.974 bits per heavy atom. The first kappa shape index (κ1) is 27.3. The van der Waals surface area contributed by atoms with E-state index in [9.17, 15) is 19.5 Å². The molecule has 3 aromatic carbocycles. The van der Waals surface area contributed by atoms with Crippen LogP contribution in [0.15, 0.2) is 66.7 Å². The van der Waals surface area contributed by atoms with Crippen molar-refractivity contribution in [2.75, 3.05) is 24.5 Å². The number of para-hydroxylation sites is 1. The second-order valence-corrected chi connectivity index (χ2v) is 9.77. The van der Waals surface area contributed by atoms with Crippen LogP contribution >= 0.6 is 0 Å². The van der Waals surface area contributed by atoms with Crippen LogP contribution in [0.3, 0.4) is 0 Å². The zero-order chi connectivity index (χ0) is 26.9. The first-order valence-corrected chi connectivity index (χ1v) is 13.3. The number of benzene rings is 3. The van der Waals surface area contributed by atoms with Crippen molar-refractivity contribution in [1.29, 1.82) is 0 Å². The number of aliphatic hydroxyl groups is 1. The predicted octanol–water partition coefficient (Wildman–Crippen LogP) is 2.45. The number of nitrogens with zero attached hydrogens (tertiary/aromatic N) is 1. The van der Waals surface area contributed by atoms with Crippen LogP contribution in [0, 0.1) is 0 Å². The minimum atomic E-state index is -0.867. The molecular weight excluding hydrogens is 480 g/mol. The van der Waals surface area contributed by atoms with Crippen molar-refractivity contribution in [2.45, 2.75) is 50.7 Å². The molecule has 1 aliphatic rings. The molecule has 0 fully saturated rings. The Morgan fingerprint density at radius 2 is 1.71 bits per heavy atom. The largest absolute Gasteiger partial charge is 0.390 e. The number of hydrogen-bond acceptors (Lipinski definition) is 5. The van der Waals surface area contributed by atoms with E-state index >= 15 is 0 Å². The molecule has 3 amide bonds. The van der Waals surface area contributed by atoms with Crippen LogP contribution in [0.4, 0.5) is 5.69 Å². The predicted molar refractivity (Wildman–Crippen MR) is 149 cm³/mol. The molecule has 0 radical (unpaired) electrons. The van der Waals surface area contributed by atoms with Crippen LogP contribution in [-0.2, 0) is 27.2 Å². The van der Waals surface area contributed by atoms with Gasteiger partial charge in [0, 0.05) is 44.6 Å². The Kier molecular flexibility index (Phi) is 9.46. The lowest BCUT2D eigenvalue weighted by molar-refractivity contribution is -0.129. The smallest absolute Gasteiger partial charge is 0.243 e. The van der Waals surface area contributed by atoms with E-state index in [4.69, 9.17) is 5.73 Å². The SMILES string of the molecule is NCC(O)CNC(=O)C(Cc1ccc2ccccc2c1)NC(=O)CCN1C(=O)CCCCc2ccccc21. The molecule has 0 bridgehead atoms. The van der Waals surface area contributed by atoms with E-state index < -0.39 is 18.1 Å². The normalized spacial score (nSPS) is 15.2. The summed E-state index contributed by atoms with van der Waals surface area (Å²) in [4.78, 5) is 40.7. The number of hydrogen-bond donors (Lipinski definition) is 4. The van der Waals surface area contributed by atoms with Crippen LogP contribution in [0.25, 0.3) is 10.8 Å². The highest BCUT2D eigenvalue weighted by Crippen LogP contribution is 2.26. The van der Waals surface area contributed by atoms with Gasteiger partial charge in [0.05, 0.1) is 6.10 Å². The molecule has 0 saturated heterocycles. The first-order chi connectivity index (χ1) is 18.4. The van der Waals surface area contributed by atoms with Gasteiger partial charge >= 0.3 is 0 Å². The van der Waals surface area contributed by atoms with Gasteiger partial charge in [-0.05, 0) is 47.2 Å². The lowest BCUT2D eigenvalue weighted by Gasteiger charge is -2.27. The van der Waals surface area contributed by atoms with Crippen molar-refractivity contribution in [3.05, 3.63) is 77.9 Å². The Hall–Kier alpha value is -3.75. The highest BCUT2D eigenvalue weighted by molar-refractivity contribution is 5.95. The molecule has 3 aromatic rings. The molecule has 2 atom stereocenters. The topological polar surface area (TPSA) is 125 Å². The van der Waals surface area contributed by atoms with E-state index in [1.165, 1.54) is 0 Å². The number of fused-ring (bicyclic) bond motifs is 2. The van der Waals surface area contributed by atoms with Crippen LogP contribution in [-0.4, -0.2) is 54.6 Å². The highest BCUT2D eigenvalue weighted by atomic mass is 16.3. The van der Waals surface area contributed by atoms with Crippen LogP contribution in [0.2, 0.25) is 0 Å². The maximum atomic E-state index is 13.1. The summed E-state index contributed by atoms with van der Waals surface area (Å²) in [6, 6.07) is 20.9. The Bertz CT molecular complexity index is 1280. The molecule has 200 valence electrons. The van der Waals surface area contributed by atoms with Gasteiger partial charge in [0.1, 0.15) is 6.04 Å². The van der Waals surface area contributed by atoms with Crippen molar-refractivity contribution in [2.24, 2.45) is 5.73 Å². The van der Waals surface area contributed by atoms with E-state index in [1.54, 1.807) is 4.90 Å². The van der Waals surface area contributed by atoms with Crippen molar-refractivity contribution in [3.63, 3.8) is 0 Å². The Morgan fingerprint density at radius 3 is 2.53 bits per heavy atom. The summed E-state index contributed by atoms with van der Waals surface area (Å²) in [5, 5.41) is 17.5. The number of rotatable bonds is 10. The zero-order valence-corrected chi connectivity index (χ0v) is 21.6. The monoisotopic (exact) mass is 516 g/mol. The third-order valence-electron chi connectivity index (χ3n) is 6.92. The number of carbonyl (C=O) groups is 3. The summed E-state index contributed by atoms with van der Waals surface area (Å²) >= 11 is 0. The number of aliphatic hydroxyl groups excluding tert-OH is 1. The molecular formula is C30H36N4O4. The van der Waals surface area contributed by atoms with Crippen LogP contribution < -0.4 is 21.3 Å². The number of nitrogens with two attached hydrogens (primary N) is 1. The van der Waals surface area contributed by atoms with Gasteiger partial charge in [0.2, 0.25) is 17.7 Å². The second kappa shape index (κ2) is 13.2. The molecule has 4 rings (SSSR count). The molecule has 1 heterocycles.